The summed E-state index contributed by atoms with van der Waals surface area (Å²) in [5.74, 6) is -5.95. The van der Waals surface area contributed by atoms with Gasteiger partial charge in [-0.1, -0.05) is 0 Å². The maximum atomic E-state index is 16.5. The van der Waals surface area contributed by atoms with Crippen molar-refractivity contribution in [3.8, 4) is 0 Å². The second-order valence-electron chi connectivity index (χ2n) is 10.3. The molecule has 0 saturated carbocycles. The van der Waals surface area contributed by atoms with Crippen LogP contribution >= 0.6 is 0 Å². The molecule has 0 radical (unpaired) electrons. The van der Waals surface area contributed by atoms with Crippen LogP contribution in [0.5, 0.6) is 0 Å². The zero-order valence-electron chi connectivity index (χ0n) is 22.1. The molecule has 0 aromatic heterocycles. The van der Waals surface area contributed by atoms with E-state index in [-0.39, 0.29) is 11.4 Å². The van der Waals surface area contributed by atoms with Crippen molar-refractivity contribution in [2.24, 2.45) is 11.8 Å². The van der Waals surface area contributed by atoms with Gasteiger partial charge < -0.3 is 0 Å². The maximum absolute atomic E-state index is 16.5. The summed E-state index contributed by atoms with van der Waals surface area (Å²) < 4.78 is 62.7. The first-order valence-corrected chi connectivity index (χ1v) is 16.1. The van der Waals surface area contributed by atoms with Crippen LogP contribution in [0.2, 0.25) is 8.45 Å². The number of allylic oxidation sites excluding steroid dienone is 8. The number of nitrogens with one attached hydrogen (secondary N) is 2. The molecule has 0 aliphatic heterocycles. The molecule has 0 heterocycles. The van der Waals surface area contributed by atoms with Crippen molar-refractivity contribution in [2.75, 3.05) is 10.6 Å². The Kier molecular flexibility index (Phi) is 8.47. The summed E-state index contributed by atoms with van der Waals surface area (Å²) in [5, 5.41) is 4.99. The number of hydrogen-bond acceptors (Lipinski definition) is 2. The number of anilines is 2. The SMILES string of the molecule is CC(C)C(=O)Nc1ccc(F)[c]([Ti]([c]2c(F)ccc(NC(=O)C(C)C)c2F)([CH]2C=CC=C2)[CH]2C=CC=C2)c1F. The number of hydrogen-bond donors (Lipinski definition) is 2. The van der Waals surface area contributed by atoms with E-state index in [1.165, 1.54) is 0 Å². The second-order valence-corrected chi connectivity index (χ2v) is 16.7. The van der Waals surface area contributed by atoms with Gasteiger partial charge in [-0.3, -0.25) is 0 Å². The molecule has 39 heavy (non-hydrogen) atoms. The fourth-order valence-corrected chi connectivity index (χ4v) is 13.9. The zero-order valence-corrected chi connectivity index (χ0v) is 23.6. The van der Waals surface area contributed by atoms with Gasteiger partial charge in [-0.2, -0.15) is 0 Å². The molecule has 2 aromatic rings. The Bertz CT molecular complexity index is 1300. The van der Waals surface area contributed by atoms with Crippen molar-refractivity contribution < 1.29 is 43.7 Å². The van der Waals surface area contributed by atoms with Gasteiger partial charge in [-0.25, -0.2) is 0 Å². The van der Waals surface area contributed by atoms with Crippen LogP contribution in [0.25, 0.3) is 0 Å². The van der Waals surface area contributed by atoms with E-state index < -0.39 is 79.7 Å². The molecule has 2 amide bonds. The number of carbonyl (C=O) groups excluding carboxylic acids is 2. The summed E-state index contributed by atoms with van der Waals surface area (Å²) in [6.07, 6.45) is 13.6. The molecular weight excluding hydrogens is 544 g/mol. The predicted molar refractivity (Wildman–Crippen MR) is 143 cm³/mol. The van der Waals surface area contributed by atoms with E-state index in [1.807, 2.05) is 0 Å². The number of benzene rings is 2. The van der Waals surface area contributed by atoms with Crippen LogP contribution in [0.1, 0.15) is 27.7 Å². The van der Waals surface area contributed by atoms with Crippen molar-refractivity contribution in [1.29, 1.82) is 0 Å². The van der Waals surface area contributed by atoms with Gasteiger partial charge in [0.2, 0.25) is 0 Å². The summed E-state index contributed by atoms with van der Waals surface area (Å²) >= 11 is -5.01. The molecule has 0 fully saturated rings. The van der Waals surface area contributed by atoms with Crippen LogP contribution in [0.3, 0.4) is 0 Å². The van der Waals surface area contributed by atoms with Gasteiger partial charge in [0.15, 0.2) is 0 Å². The van der Waals surface area contributed by atoms with Gasteiger partial charge in [0, 0.05) is 0 Å². The third-order valence-corrected chi connectivity index (χ3v) is 15.6. The first kappa shape index (κ1) is 28.8. The molecule has 0 saturated heterocycles. The van der Waals surface area contributed by atoms with Crippen molar-refractivity contribution in [2.45, 2.75) is 36.1 Å². The van der Waals surface area contributed by atoms with E-state index >= 15 is 17.6 Å². The molecule has 4 rings (SSSR count). The minimum absolute atomic E-state index is 0.262. The Morgan fingerprint density at radius 3 is 1.28 bits per heavy atom. The van der Waals surface area contributed by atoms with Crippen molar-refractivity contribution in [3.63, 3.8) is 0 Å². The van der Waals surface area contributed by atoms with E-state index in [2.05, 4.69) is 10.6 Å². The summed E-state index contributed by atoms with van der Waals surface area (Å²) in [7, 11) is 0. The molecule has 9 heteroatoms. The van der Waals surface area contributed by atoms with Crippen LogP contribution in [-0.2, 0) is 26.2 Å². The first-order valence-electron chi connectivity index (χ1n) is 12.8. The van der Waals surface area contributed by atoms with E-state index in [1.54, 1.807) is 76.3 Å². The van der Waals surface area contributed by atoms with Crippen LogP contribution in [0.15, 0.2) is 72.9 Å². The summed E-state index contributed by atoms with van der Waals surface area (Å²) in [6, 6.07) is 4.29. The minimum atomic E-state index is -5.01. The molecule has 2 aromatic carbocycles. The van der Waals surface area contributed by atoms with Crippen molar-refractivity contribution in [1.82, 2.24) is 0 Å². The third kappa shape index (κ3) is 5.20. The summed E-state index contributed by atoms with van der Waals surface area (Å²) in [4.78, 5) is 24.9. The van der Waals surface area contributed by atoms with Gasteiger partial charge in [-0.15, -0.1) is 0 Å². The molecule has 0 spiro atoms. The average Bonchev–Trinajstić information content (AvgIpc) is 3.61. The van der Waals surface area contributed by atoms with Crippen LogP contribution in [0.4, 0.5) is 28.9 Å². The third-order valence-electron chi connectivity index (χ3n) is 7.12. The Morgan fingerprint density at radius 2 is 0.974 bits per heavy atom. The average molecular weight is 574 g/mol. The van der Waals surface area contributed by atoms with Gasteiger partial charge >= 0.3 is 229 Å². The molecule has 2 aliphatic rings. The van der Waals surface area contributed by atoms with Crippen molar-refractivity contribution >= 4 is 30.9 Å². The fraction of sp³-hybridized carbons (Fsp3) is 0.267. The van der Waals surface area contributed by atoms with Crippen LogP contribution < -0.4 is 18.4 Å². The van der Waals surface area contributed by atoms with Crippen LogP contribution in [-0.4, -0.2) is 11.8 Å². The van der Waals surface area contributed by atoms with Crippen LogP contribution in [0, 0.1) is 35.1 Å². The normalized spacial score (nSPS) is 15.2. The first-order chi connectivity index (χ1) is 18.5. The molecule has 4 nitrogen and oxygen atoms in total. The summed E-state index contributed by atoms with van der Waals surface area (Å²) in [6.45, 7) is 6.51. The second kappa shape index (κ2) is 11.5. The van der Waals surface area contributed by atoms with Crippen molar-refractivity contribution in [3.05, 3.63) is 96.1 Å². The van der Waals surface area contributed by atoms with E-state index in [4.69, 9.17) is 0 Å². The van der Waals surface area contributed by atoms with Gasteiger partial charge in [0.25, 0.3) is 0 Å². The molecule has 0 bridgehead atoms. The Balaban J connectivity index is 2.10. The predicted octanol–water partition coefficient (Wildman–Crippen LogP) is 6.37. The molecule has 0 unspecified atom stereocenters. The number of amides is 2. The molecule has 2 N–H and O–H groups in total. The number of carbonyl (C=O) groups is 2. The Hall–Kier alpha value is -3.23. The Morgan fingerprint density at radius 1 is 0.641 bits per heavy atom. The molecule has 204 valence electrons. The molecule has 2 aliphatic carbocycles. The monoisotopic (exact) mass is 574 g/mol. The number of halogens is 4. The number of rotatable bonds is 8. The van der Waals surface area contributed by atoms with E-state index in [9.17, 15) is 9.59 Å². The fourth-order valence-electron chi connectivity index (χ4n) is 5.10. The topological polar surface area (TPSA) is 58.2 Å². The van der Waals surface area contributed by atoms with Gasteiger partial charge in [0.1, 0.15) is 0 Å². The Labute approximate surface area is 228 Å². The summed E-state index contributed by atoms with van der Waals surface area (Å²) in [5.41, 5.74) is -0.524. The quantitative estimate of drug-likeness (QED) is 0.285. The molecular formula is C30H30F4N2O2Ti. The standard InChI is InChI=1S/2C10H10F2NO.2C5H5.Ti/c2*1-6(2)10(14)13-9-4-3-7(11)5-8(9)12;2*1-2-4-5-3-1;/h2*3-4,6H,1-2H3,(H,13,14);2*1-5H;. The van der Waals surface area contributed by atoms with Gasteiger partial charge in [0.05, 0.1) is 0 Å². The molecule has 0 atom stereocenters. The zero-order chi connectivity index (χ0) is 28.5. The van der Waals surface area contributed by atoms with Gasteiger partial charge in [-0.05, 0) is 0 Å². The van der Waals surface area contributed by atoms with E-state index in [0.29, 0.717) is 0 Å². The van der Waals surface area contributed by atoms with E-state index in [0.717, 1.165) is 24.3 Å².